The zero-order chi connectivity index (χ0) is 29.9. The molecule has 1 amide bonds. The van der Waals surface area contributed by atoms with Crippen molar-refractivity contribution in [1.29, 1.82) is 0 Å². The van der Waals surface area contributed by atoms with Gasteiger partial charge in [-0.25, -0.2) is 4.79 Å². The van der Waals surface area contributed by atoms with Crippen LogP contribution in [0.5, 0.6) is 0 Å². The highest BCUT2D eigenvalue weighted by Crippen LogP contribution is 2.40. The molecule has 39 heavy (non-hydrogen) atoms. The van der Waals surface area contributed by atoms with E-state index in [9.17, 15) is 4.79 Å². The van der Waals surface area contributed by atoms with Crippen LogP contribution in [-0.4, -0.2) is 65.9 Å². The van der Waals surface area contributed by atoms with Crippen molar-refractivity contribution in [3.63, 3.8) is 0 Å². The van der Waals surface area contributed by atoms with Crippen LogP contribution in [0.3, 0.4) is 0 Å². The maximum Gasteiger partial charge on any atom is 0.408 e. The molecule has 1 N–H and O–H groups in total. The lowest BCUT2D eigenvalue weighted by atomic mass is 9.97. The van der Waals surface area contributed by atoms with Gasteiger partial charge < -0.3 is 28.4 Å². The molecule has 2 rings (SSSR count). The molecule has 1 fully saturated rings. The Morgan fingerprint density at radius 1 is 0.923 bits per heavy atom. The summed E-state index contributed by atoms with van der Waals surface area (Å²) >= 11 is 0. The number of amides is 1. The van der Waals surface area contributed by atoms with Crippen LogP contribution in [0.4, 0.5) is 4.79 Å². The molecule has 1 heterocycles. The molecular formula is C30H55NO6Si2. The number of ether oxygens (including phenoxy) is 3. The van der Waals surface area contributed by atoms with E-state index in [4.69, 9.17) is 23.1 Å². The lowest BCUT2D eigenvalue weighted by Gasteiger charge is -2.48. The molecular weight excluding hydrogens is 527 g/mol. The molecule has 1 aliphatic heterocycles. The van der Waals surface area contributed by atoms with E-state index in [1.165, 1.54) is 0 Å². The minimum Gasteiger partial charge on any atom is -0.444 e. The SMILES string of the molecule is CC(C)(C)OC(=O)N[C@H]1[C@H](O[Si](C)(C)C(C)(C)C)[C@@H](CO[Si](C)(C)C(C)(C)C)OC[C@H]1OCc1ccccc1. The van der Waals surface area contributed by atoms with Crippen LogP contribution in [0.2, 0.25) is 36.3 Å². The van der Waals surface area contributed by atoms with Gasteiger partial charge >= 0.3 is 6.09 Å². The summed E-state index contributed by atoms with van der Waals surface area (Å²) in [6.07, 6.45) is -1.73. The van der Waals surface area contributed by atoms with E-state index in [0.29, 0.717) is 19.8 Å². The molecule has 4 atom stereocenters. The fourth-order valence-electron chi connectivity index (χ4n) is 3.72. The van der Waals surface area contributed by atoms with Crippen LogP contribution in [-0.2, 0) is 29.7 Å². The van der Waals surface area contributed by atoms with Gasteiger partial charge in [0.15, 0.2) is 16.6 Å². The molecule has 0 radical (unpaired) electrons. The summed E-state index contributed by atoms with van der Waals surface area (Å²) in [7, 11) is -4.32. The summed E-state index contributed by atoms with van der Waals surface area (Å²) in [5.74, 6) is 0. The largest absolute Gasteiger partial charge is 0.444 e. The molecule has 0 aromatic heterocycles. The van der Waals surface area contributed by atoms with Crippen LogP contribution >= 0.6 is 0 Å². The molecule has 0 bridgehead atoms. The molecule has 1 saturated heterocycles. The Labute approximate surface area is 239 Å². The summed E-state index contributed by atoms with van der Waals surface area (Å²) in [4.78, 5) is 13.1. The van der Waals surface area contributed by atoms with Crippen molar-refractivity contribution in [3.8, 4) is 0 Å². The number of carbonyl (C=O) groups excluding carboxylic acids is 1. The molecule has 1 aliphatic rings. The second-order valence-corrected chi connectivity index (χ2v) is 24.4. The van der Waals surface area contributed by atoms with Gasteiger partial charge in [-0.2, -0.15) is 0 Å². The lowest BCUT2D eigenvalue weighted by molar-refractivity contribution is -0.165. The molecule has 0 aliphatic carbocycles. The topological polar surface area (TPSA) is 75.3 Å². The Hall–Kier alpha value is -1.24. The normalized spacial score (nSPS) is 23.4. The highest BCUT2D eigenvalue weighted by Gasteiger charge is 2.49. The van der Waals surface area contributed by atoms with E-state index < -0.39 is 46.6 Å². The summed E-state index contributed by atoms with van der Waals surface area (Å²) in [5.41, 5.74) is 0.426. The molecule has 224 valence electrons. The van der Waals surface area contributed by atoms with Crippen LogP contribution in [0, 0.1) is 0 Å². The third-order valence-corrected chi connectivity index (χ3v) is 17.2. The zero-order valence-electron chi connectivity index (χ0n) is 26.8. The van der Waals surface area contributed by atoms with Gasteiger partial charge in [0.05, 0.1) is 32.0 Å². The van der Waals surface area contributed by atoms with Gasteiger partial charge in [-0.15, -0.1) is 0 Å². The van der Waals surface area contributed by atoms with Crippen LogP contribution in [0.15, 0.2) is 30.3 Å². The third-order valence-electron chi connectivity index (χ3n) is 8.24. The van der Waals surface area contributed by atoms with Crippen molar-refractivity contribution in [3.05, 3.63) is 35.9 Å². The van der Waals surface area contributed by atoms with Crippen molar-refractivity contribution in [2.75, 3.05) is 13.2 Å². The third kappa shape index (κ3) is 9.97. The van der Waals surface area contributed by atoms with E-state index in [-0.39, 0.29) is 16.2 Å². The van der Waals surface area contributed by atoms with Gasteiger partial charge in [-0.3, -0.25) is 0 Å². The first kappa shape index (κ1) is 34.0. The molecule has 0 spiro atoms. The van der Waals surface area contributed by atoms with Crippen LogP contribution in [0.1, 0.15) is 67.9 Å². The van der Waals surface area contributed by atoms with Crippen molar-refractivity contribution in [2.24, 2.45) is 0 Å². The quantitative estimate of drug-likeness (QED) is 0.309. The number of nitrogens with one attached hydrogen (secondary N) is 1. The second kappa shape index (κ2) is 12.7. The first-order chi connectivity index (χ1) is 17.6. The van der Waals surface area contributed by atoms with Crippen molar-refractivity contribution in [1.82, 2.24) is 5.32 Å². The molecule has 1 aromatic carbocycles. The number of hydrogen-bond acceptors (Lipinski definition) is 6. The van der Waals surface area contributed by atoms with Gasteiger partial charge in [0.1, 0.15) is 17.8 Å². The maximum atomic E-state index is 13.1. The Morgan fingerprint density at radius 2 is 1.49 bits per heavy atom. The highest BCUT2D eigenvalue weighted by atomic mass is 28.4. The van der Waals surface area contributed by atoms with E-state index in [1.807, 2.05) is 51.1 Å². The number of benzene rings is 1. The van der Waals surface area contributed by atoms with E-state index >= 15 is 0 Å². The lowest BCUT2D eigenvalue weighted by Crippen LogP contribution is -2.66. The predicted octanol–water partition coefficient (Wildman–Crippen LogP) is 7.28. The highest BCUT2D eigenvalue weighted by molar-refractivity contribution is 6.74. The smallest absolute Gasteiger partial charge is 0.408 e. The van der Waals surface area contributed by atoms with Crippen LogP contribution < -0.4 is 5.32 Å². The van der Waals surface area contributed by atoms with Gasteiger partial charge in [-0.05, 0) is 62.6 Å². The molecule has 1 aromatic rings. The summed E-state index contributed by atoms with van der Waals surface area (Å²) in [6.45, 7) is 28.9. The Morgan fingerprint density at radius 3 is 2.00 bits per heavy atom. The van der Waals surface area contributed by atoms with Crippen molar-refractivity contribution >= 4 is 22.7 Å². The minimum atomic E-state index is -2.27. The first-order valence-electron chi connectivity index (χ1n) is 14.2. The Bertz CT molecular complexity index is 918. The van der Waals surface area contributed by atoms with E-state index in [1.54, 1.807) is 0 Å². The number of rotatable bonds is 9. The maximum absolute atomic E-state index is 13.1. The van der Waals surface area contributed by atoms with E-state index in [2.05, 4.69) is 73.0 Å². The van der Waals surface area contributed by atoms with E-state index in [0.717, 1.165) is 5.56 Å². The average molecular weight is 582 g/mol. The molecule has 7 nitrogen and oxygen atoms in total. The van der Waals surface area contributed by atoms with Gasteiger partial charge in [-0.1, -0.05) is 71.9 Å². The Balaban J connectivity index is 2.42. The number of hydrogen-bond donors (Lipinski definition) is 1. The van der Waals surface area contributed by atoms with Crippen molar-refractivity contribution < 1.29 is 27.9 Å². The summed E-state index contributed by atoms with van der Waals surface area (Å²) in [5, 5.41) is 3.16. The van der Waals surface area contributed by atoms with Gasteiger partial charge in [0.25, 0.3) is 0 Å². The van der Waals surface area contributed by atoms with Gasteiger partial charge in [0.2, 0.25) is 0 Å². The monoisotopic (exact) mass is 581 g/mol. The zero-order valence-corrected chi connectivity index (χ0v) is 28.8. The molecule has 0 saturated carbocycles. The standard InChI is InChI=1S/C30H55NO6Si2/c1-28(2,3)36-27(32)31-25-23(33-19-22-17-15-14-16-18-22)20-34-24(21-35-38(10,11)29(4,5)6)26(25)37-39(12,13)30(7,8)9/h14-18,23-26H,19-21H2,1-13H3,(H,31,32)/t23-,24-,25-,26-/m1/s1. The summed E-state index contributed by atoms with van der Waals surface area (Å²) in [6, 6.07) is 9.54. The Kier molecular flexibility index (Phi) is 11.1. The van der Waals surface area contributed by atoms with Crippen LogP contribution in [0.25, 0.3) is 0 Å². The fraction of sp³-hybridized carbons (Fsp3) is 0.767. The molecule has 9 heteroatoms. The summed E-state index contributed by atoms with van der Waals surface area (Å²) < 4.78 is 32.2. The van der Waals surface area contributed by atoms with Crippen molar-refractivity contribution in [2.45, 2.75) is 135 Å². The first-order valence-corrected chi connectivity index (χ1v) is 20.0. The number of alkyl carbamates (subject to hydrolysis) is 1. The number of carbonyl (C=O) groups is 1. The average Bonchev–Trinajstić information content (AvgIpc) is 2.76. The second-order valence-electron chi connectivity index (χ2n) is 14.8. The molecule has 0 unspecified atom stereocenters. The predicted molar refractivity (Wildman–Crippen MR) is 163 cm³/mol. The van der Waals surface area contributed by atoms with Gasteiger partial charge in [0, 0.05) is 0 Å². The fourth-order valence-corrected chi connectivity index (χ4v) is 6.07. The minimum absolute atomic E-state index is 0.0356.